The molecule has 0 aliphatic rings. The van der Waals surface area contributed by atoms with E-state index < -0.39 is 17.8 Å². The fourth-order valence-corrected chi connectivity index (χ4v) is 0.942. The Bertz CT molecular complexity index is 314. The molecule has 0 atom stereocenters. The average molecular weight is 191 g/mol. The van der Waals surface area contributed by atoms with Gasteiger partial charge in [0.25, 0.3) is 6.43 Å². The molecular weight excluding hydrogens is 183 g/mol. The van der Waals surface area contributed by atoms with Crippen molar-refractivity contribution in [2.75, 3.05) is 5.73 Å². The molecule has 0 spiro atoms. The summed E-state index contributed by atoms with van der Waals surface area (Å²) in [6, 6.07) is 0. The van der Waals surface area contributed by atoms with Gasteiger partial charge in [0, 0.05) is 6.54 Å². The van der Waals surface area contributed by atoms with Crippen LogP contribution in [-0.2, 0) is 6.54 Å². The summed E-state index contributed by atoms with van der Waals surface area (Å²) in [6.07, 6.45) is -2.26. The average Bonchev–Trinajstić information content (AvgIpc) is 2.04. The number of rotatable bonds is 2. The number of aromatic nitrogens is 1. The van der Waals surface area contributed by atoms with Gasteiger partial charge in [0.05, 0.1) is 23.1 Å². The summed E-state index contributed by atoms with van der Waals surface area (Å²) in [5, 5.41) is 0. The molecule has 13 heavy (non-hydrogen) atoms. The van der Waals surface area contributed by atoms with Crippen LogP contribution >= 0.6 is 0 Å². The van der Waals surface area contributed by atoms with E-state index in [2.05, 4.69) is 4.98 Å². The molecule has 0 aromatic carbocycles. The number of nitrogens with zero attached hydrogens (tertiary/aromatic N) is 1. The molecule has 3 nitrogen and oxygen atoms in total. The second-order valence-electron chi connectivity index (χ2n) is 2.39. The lowest BCUT2D eigenvalue weighted by atomic mass is 10.1. The molecule has 0 aliphatic carbocycles. The van der Waals surface area contributed by atoms with E-state index in [-0.39, 0.29) is 17.9 Å². The molecule has 0 radical (unpaired) electrons. The first-order chi connectivity index (χ1) is 6.07. The third-order valence-electron chi connectivity index (χ3n) is 1.60. The van der Waals surface area contributed by atoms with Crippen molar-refractivity contribution in [3.63, 3.8) is 0 Å². The third kappa shape index (κ3) is 1.72. The number of anilines is 1. The summed E-state index contributed by atoms with van der Waals surface area (Å²) < 4.78 is 37.2. The predicted octanol–water partition coefficient (Wildman–Crippen LogP) is 1.20. The van der Waals surface area contributed by atoms with Gasteiger partial charge < -0.3 is 11.5 Å². The van der Waals surface area contributed by atoms with E-state index in [1.165, 1.54) is 0 Å². The van der Waals surface area contributed by atoms with Crippen LogP contribution in [0.3, 0.4) is 0 Å². The molecule has 1 rings (SSSR count). The Labute approximate surface area is 72.6 Å². The minimum Gasteiger partial charge on any atom is -0.397 e. The highest BCUT2D eigenvalue weighted by Gasteiger charge is 2.19. The second kappa shape index (κ2) is 3.61. The first-order valence-electron chi connectivity index (χ1n) is 3.49. The number of nitrogen functional groups attached to an aromatic ring is 1. The summed E-state index contributed by atoms with van der Waals surface area (Å²) in [7, 11) is 0. The van der Waals surface area contributed by atoms with Gasteiger partial charge in [-0.15, -0.1) is 0 Å². The molecule has 0 aliphatic heterocycles. The van der Waals surface area contributed by atoms with Crippen molar-refractivity contribution in [3.05, 3.63) is 23.3 Å². The highest BCUT2D eigenvalue weighted by Crippen LogP contribution is 2.28. The van der Waals surface area contributed by atoms with Crippen molar-refractivity contribution < 1.29 is 13.2 Å². The highest BCUT2D eigenvalue weighted by atomic mass is 19.3. The van der Waals surface area contributed by atoms with Crippen molar-refractivity contribution in [1.82, 2.24) is 4.98 Å². The zero-order valence-corrected chi connectivity index (χ0v) is 6.60. The van der Waals surface area contributed by atoms with Crippen LogP contribution in [0.5, 0.6) is 0 Å². The summed E-state index contributed by atoms with van der Waals surface area (Å²) in [4.78, 5) is 3.48. The van der Waals surface area contributed by atoms with Gasteiger partial charge in [-0.1, -0.05) is 0 Å². The molecule has 72 valence electrons. The normalized spacial score (nSPS) is 10.8. The van der Waals surface area contributed by atoms with Crippen molar-refractivity contribution in [3.8, 4) is 0 Å². The number of alkyl halides is 2. The molecule has 0 fully saturated rings. The van der Waals surface area contributed by atoms with Gasteiger partial charge in [-0.2, -0.15) is 0 Å². The van der Waals surface area contributed by atoms with Gasteiger partial charge in [0.2, 0.25) is 0 Å². The molecule has 1 aromatic rings. The topological polar surface area (TPSA) is 64.9 Å². The van der Waals surface area contributed by atoms with Crippen LogP contribution in [0, 0.1) is 5.82 Å². The molecule has 0 amide bonds. The SMILES string of the molecule is NCc1ncc(F)c(C(F)F)c1N. The van der Waals surface area contributed by atoms with Gasteiger partial charge in [0.1, 0.15) is 0 Å². The molecule has 0 saturated carbocycles. The first-order valence-corrected chi connectivity index (χ1v) is 3.49. The summed E-state index contributed by atoms with van der Waals surface area (Å²) in [6.45, 7) is -0.0914. The predicted molar refractivity (Wildman–Crippen MR) is 41.5 cm³/mol. The Kier molecular flexibility index (Phi) is 2.72. The number of halogens is 3. The molecule has 0 bridgehead atoms. The summed E-state index contributed by atoms with van der Waals surface area (Å²) in [5.74, 6) is -1.11. The Morgan fingerprint density at radius 1 is 1.46 bits per heavy atom. The van der Waals surface area contributed by atoms with Crippen molar-refractivity contribution >= 4 is 5.69 Å². The smallest absolute Gasteiger partial charge is 0.268 e. The zero-order chi connectivity index (χ0) is 10.0. The third-order valence-corrected chi connectivity index (χ3v) is 1.60. The lowest BCUT2D eigenvalue weighted by molar-refractivity contribution is 0.147. The lowest BCUT2D eigenvalue weighted by Gasteiger charge is -2.08. The van der Waals surface area contributed by atoms with Gasteiger partial charge in [0.15, 0.2) is 5.82 Å². The number of hydrogen-bond acceptors (Lipinski definition) is 3. The van der Waals surface area contributed by atoms with Crippen LogP contribution in [0.4, 0.5) is 18.9 Å². The van der Waals surface area contributed by atoms with E-state index >= 15 is 0 Å². The maximum absolute atomic E-state index is 12.8. The maximum atomic E-state index is 12.8. The van der Waals surface area contributed by atoms with Crippen LogP contribution in [0.15, 0.2) is 6.20 Å². The number of pyridine rings is 1. The van der Waals surface area contributed by atoms with E-state index in [0.717, 1.165) is 0 Å². The van der Waals surface area contributed by atoms with Crippen LogP contribution in [0.25, 0.3) is 0 Å². The van der Waals surface area contributed by atoms with Crippen LogP contribution in [0.2, 0.25) is 0 Å². The fourth-order valence-electron chi connectivity index (χ4n) is 0.942. The van der Waals surface area contributed by atoms with Crippen LogP contribution in [0.1, 0.15) is 17.7 Å². The Morgan fingerprint density at radius 3 is 2.54 bits per heavy atom. The summed E-state index contributed by atoms with van der Waals surface area (Å²) in [5.41, 5.74) is 9.29. The van der Waals surface area contributed by atoms with Gasteiger partial charge >= 0.3 is 0 Å². The molecule has 1 aromatic heterocycles. The van der Waals surface area contributed by atoms with E-state index in [4.69, 9.17) is 11.5 Å². The van der Waals surface area contributed by atoms with Crippen molar-refractivity contribution in [2.45, 2.75) is 13.0 Å². The van der Waals surface area contributed by atoms with E-state index in [1.807, 2.05) is 0 Å². The number of hydrogen-bond donors (Lipinski definition) is 2. The van der Waals surface area contributed by atoms with E-state index in [9.17, 15) is 13.2 Å². The van der Waals surface area contributed by atoms with E-state index in [1.54, 1.807) is 0 Å². The molecule has 4 N–H and O–H groups in total. The zero-order valence-electron chi connectivity index (χ0n) is 6.60. The fraction of sp³-hybridized carbons (Fsp3) is 0.286. The van der Waals surface area contributed by atoms with Crippen LogP contribution < -0.4 is 11.5 Å². The minimum absolute atomic E-state index is 0.0803. The van der Waals surface area contributed by atoms with Gasteiger partial charge in [-0.25, -0.2) is 13.2 Å². The summed E-state index contributed by atoms with van der Waals surface area (Å²) >= 11 is 0. The standard InChI is InChI=1S/C7H8F3N3/c8-3-2-13-4(1-11)6(12)5(3)7(9)10/h2,7H,1,11-12H2. The van der Waals surface area contributed by atoms with Gasteiger partial charge in [-0.05, 0) is 0 Å². The Morgan fingerprint density at radius 2 is 2.08 bits per heavy atom. The Hall–Kier alpha value is -1.30. The van der Waals surface area contributed by atoms with Crippen LogP contribution in [-0.4, -0.2) is 4.98 Å². The molecule has 0 saturated heterocycles. The van der Waals surface area contributed by atoms with Crippen molar-refractivity contribution in [2.24, 2.45) is 5.73 Å². The van der Waals surface area contributed by atoms with E-state index in [0.29, 0.717) is 6.20 Å². The molecule has 0 unspecified atom stereocenters. The monoisotopic (exact) mass is 191 g/mol. The Balaban J connectivity index is 3.30. The highest BCUT2D eigenvalue weighted by molar-refractivity contribution is 5.51. The van der Waals surface area contributed by atoms with Crippen molar-refractivity contribution in [1.29, 1.82) is 0 Å². The lowest BCUT2D eigenvalue weighted by Crippen LogP contribution is -2.09. The largest absolute Gasteiger partial charge is 0.397 e. The molecule has 1 heterocycles. The van der Waals surface area contributed by atoms with Gasteiger partial charge in [-0.3, -0.25) is 4.98 Å². The number of nitrogens with two attached hydrogens (primary N) is 2. The molecule has 6 heteroatoms. The maximum Gasteiger partial charge on any atom is 0.268 e. The minimum atomic E-state index is -2.95. The second-order valence-corrected chi connectivity index (χ2v) is 2.39. The quantitative estimate of drug-likeness (QED) is 0.738. The first kappa shape index (κ1) is 9.79. The molecular formula is C7H8F3N3.